The van der Waals surface area contributed by atoms with Gasteiger partial charge in [0.1, 0.15) is 0 Å². The number of hydrogen-bond donors (Lipinski definition) is 1. The highest BCUT2D eigenvalue weighted by Gasteiger charge is 2.34. The molecule has 2 heterocycles. The summed E-state index contributed by atoms with van der Waals surface area (Å²) in [5, 5.41) is 10.4. The number of hydrogen-bond acceptors (Lipinski definition) is 3. The van der Waals surface area contributed by atoms with Crippen molar-refractivity contribution < 1.29 is 5.11 Å². The average Bonchev–Trinajstić information content (AvgIpc) is 2.47. The minimum atomic E-state index is -0.464. The number of piperidine rings is 2. The zero-order valence-corrected chi connectivity index (χ0v) is 13.7. The Morgan fingerprint density at radius 3 is 2.81 bits per heavy atom. The fraction of sp³-hybridized carbons (Fsp3) is 0.647. The molecule has 0 bridgehead atoms. The normalized spacial score (nSPS) is 28.3. The summed E-state index contributed by atoms with van der Waals surface area (Å²) in [5.41, 5.74) is 2.00. The average molecular weight is 309 g/mol. The summed E-state index contributed by atoms with van der Waals surface area (Å²) in [6.45, 7) is 5.18. The molecular formula is C17H25ClN2O. The number of nitrogens with zero attached hydrogens (tertiary/aromatic N) is 2. The van der Waals surface area contributed by atoms with Gasteiger partial charge in [0.05, 0.1) is 16.8 Å². The second-order valence-electron chi connectivity index (χ2n) is 6.57. The number of benzene rings is 1. The van der Waals surface area contributed by atoms with Gasteiger partial charge in [0, 0.05) is 19.1 Å². The van der Waals surface area contributed by atoms with Gasteiger partial charge in [-0.15, -0.1) is 0 Å². The lowest BCUT2D eigenvalue weighted by molar-refractivity contribution is 0.102. The van der Waals surface area contributed by atoms with E-state index in [1.807, 2.05) is 12.1 Å². The van der Waals surface area contributed by atoms with Crippen molar-refractivity contribution in [2.24, 2.45) is 5.92 Å². The molecule has 2 aliphatic heterocycles. The van der Waals surface area contributed by atoms with Gasteiger partial charge in [-0.05, 0) is 63.4 Å². The fourth-order valence-corrected chi connectivity index (χ4v) is 4.22. The third-order valence-electron chi connectivity index (χ3n) is 5.14. The van der Waals surface area contributed by atoms with Crippen LogP contribution in [0.1, 0.15) is 37.9 Å². The molecule has 1 N–H and O–H groups in total. The quantitative estimate of drug-likeness (QED) is 0.908. The summed E-state index contributed by atoms with van der Waals surface area (Å²) in [6, 6.07) is 6.70. The van der Waals surface area contributed by atoms with E-state index in [4.69, 9.17) is 11.6 Å². The molecule has 2 aliphatic rings. The molecule has 0 radical (unpaired) electrons. The lowest BCUT2D eigenvalue weighted by atomic mass is 9.84. The fourth-order valence-electron chi connectivity index (χ4n) is 3.91. The van der Waals surface area contributed by atoms with Crippen LogP contribution >= 0.6 is 11.6 Å². The van der Waals surface area contributed by atoms with Crippen molar-refractivity contribution in [1.82, 2.24) is 4.90 Å². The van der Waals surface area contributed by atoms with Gasteiger partial charge < -0.3 is 14.9 Å². The first-order valence-electron chi connectivity index (χ1n) is 7.99. The lowest BCUT2D eigenvalue weighted by Gasteiger charge is -2.46. The van der Waals surface area contributed by atoms with E-state index in [9.17, 15) is 5.11 Å². The maximum Gasteiger partial charge on any atom is 0.0762 e. The van der Waals surface area contributed by atoms with Crippen LogP contribution in [0.15, 0.2) is 18.2 Å². The van der Waals surface area contributed by atoms with Crippen molar-refractivity contribution in [1.29, 1.82) is 0 Å². The Labute approximate surface area is 132 Å². The van der Waals surface area contributed by atoms with Crippen molar-refractivity contribution in [2.45, 2.75) is 38.3 Å². The van der Waals surface area contributed by atoms with E-state index in [0.717, 1.165) is 41.3 Å². The summed E-state index contributed by atoms with van der Waals surface area (Å²) in [5.74, 6) is 0.755. The Morgan fingerprint density at radius 2 is 2.10 bits per heavy atom. The van der Waals surface area contributed by atoms with E-state index in [-0.39, 0.29) is 0 Å². The van der Waals surface area contributed by atoms with E-state index in [0.29, 0.717) is 0 Å². The number of anilines is 1. The Morgan fingerprint density at radius 1 is 1.29 bits per heavy atom. The molecule has 0 saturated carbocycles. The smallest absolute Gasteiger partial charge is 0.0762 e. The van der Waals surface area contributed by atoms with Crippen LogP contribution in [0, 0.1) is 5.92 Å². The molecule has 1 aromatic carbocycles. The van der Waals surface area contributed by atoms with Gasteiger partial charge >= 0.3 is 0 Å². The van der Waals surface area contributed by atoms with Crippen molar-refractivity contribution in [3.05, 3.63) is 28.8 Å². The van der Waals surface area contributed by atoms with E-state index in [1.54, 1.807) is 6.92 Å². The molecule has 2 saturated heterocycles. The maximum absolute atomic E-state index is 9.66. The predicted molar refractivity (Wildman–Crippen MR) is 88.1 cm³/mol. The number of fused-ring (bicyclic) bond motifs is 1. The van der Waals surface area contributed by atoms with Crippen molar-refractivity contribution in [3.63, 3.8) is 0 Å². The maximum atomic E-state index is 9.66. The van der Waals surface area contributed by atoms with Gasteiger partial charge in [0.2, 0.25) is 0 Å². The number of aliphatic hydroxyl groups is 1. The first-order valence-corrected chi connectivity index (χ1v) is 8.36. The summed E-state index contributed by atoms with van der Waals surface area (Å²) < 4.78 is 0. The third-order valence-corrected chi connectivity index (χ3v) is 5.44. The van der Waals surface area contributed by atoms with Crippen LogP contribution in [0.25, 0.3) is 0 Å². The van der Waals surface area contributed by atoms with Gasteiger partial charge in [-0.25, -0.2) is 0 Å². The largest absolute Gasteiger partial charge is 0.389 e. The monoisotopic (exact) mass is 308 g/mol. The SMILES string of the molecule is CC(O)c1ccc(N2CCC3C(CCCN3C)C2)c(Cl)c1. The van der Waals surface area contributed by atoms with Crippen LogP contribution in [0.4, 0.5) is 5.69 Å². The molecule has 0 aliphatic carbocycles. The molecule has 21 heavy (non-hydrogen) atoms. The van der Waals surface area contributed by atoms with Crippen LogP contribution in [0.2, 0.25) is 5.02 Å². The molecule has 0 spiro atoms. The molecule has 1 aromatic rings. The molecule has 3 atom stereocenters. The molecule has 0 aromatic heterocycles. The van der Waals surface area contributed by atoms with Crippen LogP contribution in [0.5, 0.6) is 0 Å². The highest BCUT2D eigenvalue weighted by molar-refractivity contribution is 6.33. The van der Waals surface area contributed by atoms with Gasteiger partial charge in [-0.3, -0.25) is 0 Å². The molecular weight excluding hydrogens is 284 g/mol. The lowest BCUT2D eigenvalue weighted by Crippen LogP contribution is -2.52. The van der Waals surface area contributed by atoms with Crippen LogP contribution in [0.3, 0.4) is 0 Å². The van der Waals surface area contributed by atoms with Gasteiger partial charge in [0.15, 0.2) is 0 Å². The standard InChI is InChI=1S/C17H25ClN2O/c1-12(21)13-5-6-17(15(18)10-13)20-9-7-16-14(11-20)4-3-8-19(16)2/h5-6,10,12,14,16,21H,3-4,7-9,11H2,1-2H3. The van der Waals surface area contributed by atoms with Crippen molar-refractivity contribution in [3.8, 4) is 0 Å². The molecule has 2 fully saturated rings. The van der Waals surface area contributed by atoms with E-state index in [1.165, 1.54) is 25.8 Å². The summed E-state index contributed by atoms with van der Waals surface area (Å²) in [7, 11) is 2.26. The second-order valence-corrected chi connectivity index (χ2v) is 6.98. The van der Waals surface area contributed by atoms with Gasteiger partial charge in [-0.1, -0.05) is 17.7 Å². The van der Waals surface area contributed by atoms with Crippen molar-refractivity contribution in [2.75, 3.05) is 31.6 Å². The molecule has 3 rings (SSSR count). The molecule has 116 valence electrons. The van der Waals surface area contributed by atoms with Crippen molar-refractivity contribution >= 4 is 17.3 Å². The molecule has 4 heteroatoms. The summed E-state index contributed by atoms with van der Waals surface area (Å²) in [4.78, 5) is 4.96. The van der Waals surface area contributed by atoms with E-state index >= 15 is 0 Å². The number of likely N-dealkylation sites (tertiary alicyclic amines) is 1. The Hall–Kier alpha value is -0.770. The van der Waals surface area contributed by atoms with Gasteiger partial charge in [0.25, 0.3) is 0 Å². The van der Waals surface area contributed by atoms with Crippen LogP contribution < -0.4 is 4.90 Å². The zero-order chi connectivity index (χ0) is 15.0. The third kappa shape index (κ3) is 3.05. The first-order chi connectivity index (χ1) is 10.1. The molecule has 3 nitrogen and oxygen atoms in total. The molecule has 3 unspecified atom stereocenters. The number of halogens is 1. The highest BCUT2D eigenvalue weighted by Crippen LogP contribution is 2.35. The van der Waals surface area contributed by atoms with E-state index in [2.05, 4.69) is 22.9 Å². The van der Waals surface area contributed by atoms with Gasteiger partial charge in [-0.2, -0.15) is 0 Å². The topological polar surface area (TPSA) is 26.7 Å². The zero-order valence-electron chi connectivity index (χ0n) is 12.9. The minimum absolute atomic E-state index is 0.464. The van der Waals surface area contributed by atoms with E-state index < -0.39 is 6.10 Å². The minimum Gasteiger partial charge on any atom is -0.389 e. The first kappa shape index (κ1) is 15.1. The Balaban J connectivity index is 1.76. The number of rotatable bonds is 2. The summed E-state index contributed by atoms with van der Waals surface area (Å²) >= 11 is 6.45. The highest BCUT2D eigenvalue weighted by atomic mass is 35.5. The van der Waals surface area contributed by atoms with Crippen LogP contribution in [-0.4, -0.2) is 42.7 Å². The second kappa shape index (κ2) is 6.15. The predicted octanol–water partition coefficient (Wildman–Crippen LogP) is 3.31. The Kier molecular flexibility index (Phi) is 4.43. The Bertz CT molecular complexity index is 506. The summed E-state index contributed by atoms with van der Waals surface area (Å²) in [6.07, 6.45) is 3.39. The van der Waals surface area contributed by atoms with Crippen LogP contribution in [-0.2, 0) is 0 Å². The number of aliphatic hydroxyl groups excluding tert-OH is 1. The molecule has 0 amide bonds.